The standard InChI is InChI=1S/C16H12N2O4S/c1-17-14(19)13(23-16(17)22)9-12-6-3-7-18(12)11-5-2-4-10(8-11)15(20)21/h2-9H,1H3,(H,20,21). The van der Waals surface area contributed by atoms with Crippen LogP contribution >= 0.6 is 11.8 Å². The van der Waals surface area contributed by atoms with Gasteiger partial charge < -0.3 is 9.67 Å². The molecule has 0 aliphatic carbocycles. The highest BCUT2D eigenvalue weighted by molar-refractivity contribution is 8.18. The minimum Gasteiger partial charge on any atom is -0.478 e. The van der Waals surface area contributed by atoms with Crippen LogP contribution in [0.2, 0.25) is 0 Å². The Balaban J connectivity index is 2.01. The fraction of sp³-hybridized carbons (Fsp3) is 0.0625. The number of aromatic nitrogens is 1. The number of amides is 2. The molecule has 23 heavy (non-hydrogen) atoms. The first-order valence-electron chi connectivity index (χ1n) is 6.70. The second-order valence-corrected chi connectivity index (χ2v) is 5.89. The number of likely N-dealkylation sites (N-methyl/N-ethyl adjacent to an activating group) is 1. The lowest BCUT2D eigenvalue weighted by Gasteiger charge is -2.08. The molecule has 0 unspecified atom stereocenters. The van der Waals surface area contributed by atoms with Crippen molar-refractivity contribution in [2.24, 2.45) is 0 Å². The van der Waals surface area contributed by atoms with Gasteiger partial charge in [0.15, 0.2) is 0 Å². The summed E-state index contributed by atoms with van der Waals surface area (Å²) in [5, 5.41) is 8.77. The molecule has 1 aliphatic rings. The van der Waals surface area contributed by atoms with Crippen molar-refractivity contribution in [3.63, 3.8) is 0 Å². The Kier molecular flexibility index (Phi) is 3.79. The summed E-state index contributed by atoms with van der Waals surface area (Å²) in [6, 6.07) is 10.1. The van der Waals surface area contributed by atoms with E-state index in [-0.39, 0.29) is 16.7 Å². The fourth-order valence-corrected chi connectivity index (χ4v) is 3.03. The Morgan fingerprint density at radius 2 is 2.00 bits per heavy atom. The molecule has 0 spiro atoms. The lowest BCUT2D eigenvalue weighted by atomic mass is 10.2. The smallest absolute Gasteiger partial charge is 0.335 e. The van der Waals surface area contributed by atoms with Crippen LogP contribution < -0.4 is 0 Å². The first-order chi connectivity index (χ1) is 11.0. The number of carboxylic acids is 1. The van der Waals surface area contributed by atoms with Crippen molar-refractivity contribution in [2.45, 2.75) is 0 Å². The molecule has 1 saturated heterocycles. The van der Waals surface area contributed by atoms with Gasteiger partial charge in [-0.25, -0.2) is 4.79 Å². The van der Waals surface area contributed by atoms with Gasteiger partial charge in [0, 0.05) is 24.6 Å². The zero-order valence-electron chi connectivity index (χ0n) is 12.1. The van der Waals surface area contributed by atoms with Crippen LogP contribution in [-0.4, -0.2) is 38.7 Å². The van der Waals surface area contributed by atoms with Gasteiger partial charge in [0.2, 0.25) is 0 Å². The quantitative estimate of drug-likeness (QED) is 0.877. The predicted molar refractivity (Wildman–Crippen MR) is 86.5 cm³/mol. The van der Waals surface area contributed by atoms with Crippen molar-refractivity contribution in [3.05, 3.63) is 58.8 Å². The normalized spacial score (nSPS) is 16.4. The first-order valence-corrected chi connectivity index (χ1v) is 7.51. The summed E-state index contributed by atoms with van der Waals surface area (Å²) >= 11 is 0.883. The van der Waals surface area contributed by atoms with Gasteiger partial charge in [0.25, 0.3) is 11.1 Å². The topological polar surface area (TPSA) is 79.6 Å². The van der Waals surface area contributed by atoms with Gasteiger partial charge in [-0.2, -0.15) is 0 Å². The molecule has 3 rings (SSSR count). The predicted octanol–water partition coefficient (Wildman–Crippen LogP) is 2.84. The second-order valence-electron chi connectivity index (χ2n) is 4.90. The van der Waals surface area contributed by atoms with E-state index in [0.29, 0.717) is 16.3 Å². The van der Waals surface area contributed by atoms with Gasteiger partial charge in [-0.15, -0.1) is 0 Å². The minimum atomic E-state index is -1.01. The van der Waals surface area contributed by atoms with Gasteiger partial charge in [0.05, 0.1) is 10.5 Å². The number of hydrogen-bond donors (Lipinski definition) is 1. The van der Waals surface area contributed by atoms with E-state index >= 15 is 0 Å². The number of carboxylic acid groups (broad SMARTS) is 1. The third-order valence-electron chi connectivity index (χ3n) is 3.42. The summed E-state index contributed by atoms with van der Waals surface area (Å²) in [6.07, 6.45) is 3.39. The summed E-state index contributed by atoms with van der Waals surface area (Å²) in [4.78, 5) is 36.0. The Labute approximate surface area is 136 Å². The zero-order valence-corrected chi connectivity index (χ0v) is 12.9. The van der Waals surface area contributed by atoms with E-state index in [0.717, 1.165) is 16.7 Å². The number of imide groups is 1. The highest BCUT2D eigenvalue weighted by Crippen LogP contribution is 2.31. The maximum atomic E-state index is 12.0. The highest BCUT2D eigenvalue weighted by Gasteiger charge is 2.32. The number of carbonyl (C=O) groups excluding carboxylic acids is 2. The van der Waals surface area contributed by atoms with Crippen molar-refractivity contribution in [2.75, 3.05) is 7.05 Å². The highest BCUT2D eigenvalue weighted by atomic mass is 32.2. The van der Waals surface area contributed by atoms with E-state index in [1.807, 2.05) is 0 Å². The molecule has 0 atom stereocenters. The van der Waals surface area contributed by atoms with E-state index in [2.05, 4.69) is 0 Å². The summed E-state index contributed by atoms with van der Waals surface area (Å²) in [6.45, 7) is 0. The SMILES string of the molecule is CN1C(=O)SC(=Cc2cccn2-c2cccc(C(=O)O)c2)C1=O. The van der Waals surface area contributed by atoms with Gasteiger partial charge in [0.1, 0.15) is 0 Å². The lowest BCUT2D eigenvalue weighted by molar-refractivity contribution is -0.121. The molecule has 0 saturated carbocycles. The minimum absolute atomic E-state index is 0.177. The molecule has 2 amide bonds. The van der Waals surface area contributed by atoms with Crippen molar-refractivity contribution >= 4 is 35.0 Å². The van der Waals surface area contributed by atoms with Crippen LogP contribution in [-0.2, 0) is 4.79 Å². The van der Waals surface area contributed by atoms with Gasteiger partial charge in [-0.1, -0.05) is 6.07 Å². The second kappa shape index (κ2) is 5.77. The molecule has 1 fully saturated rings. The number of carbonyl (C=O) groups is 3. The molecule has 1 aromatic carbocycles. The molecule has 116 valence electrons. The van der Waals surface area contributed by atoms with Crippen LogP contribution in [0, 0.1) is 0 Å². The summed E-state index contributed by atoms with van der Waals surface area (Å²) in [5.41, 5.74) is 1.53. The number of rotatable bonds is 3. The average Bonchev–Trinajstić information content (AvgIpc) is 3.09. The number of aromatic carboxylic acids is 1. The Morgan fingerprint density at radius 3 is 2.65 bits per heavy atom. The largest absolute Gasteiger partial charge is 0.478 e. The van der Waals surface area contributed by atoms with Crippen LogP contribution in [0.1, 0.15) is 16.1 Å². The van der Waals surface area contributed by atoms with E-state index in [1.54, 1.807) is 47.2 Å². The number of hydrogen-bond acceptors (Lipinski definition) is 4. The van der Waals surface area contributed by atoms with Crippen LogP contribution in [0.4, 0.5) is 4.79 Å². The molecule has 2 aromatic rings. The van der Waals surface area contributed by atoms with Crippen LogP contribution in [0.25, 0.3) is 11.8 Å². The van der Waals surface area contributed by atoms with Gasteiger partial charge >= 0.3 is 5.97 Å². The maximum absolute atomic E-state index is 12.0. The van der Waals surface area contributed by atoms with E-state index in [9.17, 15) is 14.4 Å². The summed E-state index contributed by atoms with van der Waals surface area (Å²) < 4.78 is 1.76. The molecular formula is C16H12N2O4S. The Hall–Kier alpha value is -2.80. The molecule has 0 radical (unpaired) electrons. The number of thioether (sulfide) groups is 1. The Bertz CT molecular complexity index is 853. The maximum Gasteiger partial charge on any atom is 0.335 e. The van der Waals surface area contributed by atoms with Crippen LogP contribution in [0.5, 0.6) is 0 Å². The zero-order chi connectivity index (χ0) is 16.6. The Morgan fingerprint density at radius 1 is 1.22 bits per heavy atom. The number of benzene rings is 1. The molecule has 1 aliphatic heterocycles. The lowest BCUT2D eigenvalue weighted by Crippen LogP contribution is -2.22. The monoisotopic (exact) mass is 328 g/mol. The van der Waals surface area contributed by atoms with Crippen molar-refractivity contribution in [1.29, 1.82) is 0 Å². The molecule has 1 aromatic heterocycles. The molecule has 0 bridgehead atoms. The van der Waals surface area contributed by atoms with Crippen LogP contribution in [0.3, 0.4) is 0 Å². The molecule has 6 nitrogen and oxygen atoms in total. The van der Waals surface area contributed by atoms with Crippen molar-refractivity contribution < 1.29 is 19.5 Å². The third kappa shape index (κ3) is 2.78. The molecule has 2 heterocycles. The number of nitrogens with zero attached hydrogens (tertiary/aromatic N) is 2. The average molecular weight is 328 g/mol. The fourth-order valence-electron chi connectivity index (χ4n) is 2.22. The first kappa shape index (κ1) is 15.1. The van der Waals surface area contributed by atoms with Crippen molar-refractivity contribution in [1.82, 2.24) is 9.47 Å². The van der Waals surface area contributed by atoms with E-state index in [1.165, 1.54) is 13.1 Å². The summed E-state index contributed by atoms with van der Waals surface area (Å²) in [7, 11) is 1.44. The molecule has 7 heteroatoms. The van der Waals surface area contributed by atoms with E-state index in [4.69, 9.17) is 5.11 Å². The van der Waals surface area contributed by atoms with E-state index < -0.39 is 5.97 Å². The summed E-state index contributed by atoms with van der Waals surface area (Å²) in [5.74, 6) is -1.35. The van der Waals surface area contributed by atoms with Crippen LogP contribution in [0.15, 0.2) is 47.5 Å². The van der Waals surface area contributed by atoms with Gasteiger partial charge in [-0.3, -0.25) is 14.5 Å². The molecule has 1 N–H and O–H groups in total. The molecular weight excluding hydrogens is 316 g/mol. The van der Waals surface area contributed by atoms with Gasteiger partial charge in [-0.05, 0) is 48.2 Å². The van der Waals surface area contributed by atoms with Crippen molar-refractivity contribution in [3.8, 4) is 5.69 Å². The third-order valence-corrected chi connectivity index (χ3v) is 4.38.